The summed E-state index contributed by atoms with van der Waals surface area (Å²) in [4.78, 5) is 14.7. The van der Waals surface area contributed by atoms with Crippen molar-refractivity contribution in [2.45, 2.75) is 6.43 Å². The van der Waals surface area contributed by atoms with E-state index >= 15 is 0 Å². The maximum absolute atomic E-state index is 12.4. The van der Waals surface area contributed by atoms with Crippen molar-refractivity contribution in [3.63, 3.8) is 0 Å². The van der Waals surface area contributed by atoms with Gasteiger partial charge < -0.3 is 10.5 Å². The highest BCUT2D eigenvalue weighted by atomic mass is 79.9. The van der Waals surface area contributed by atoms with Gasteiger partial charge in [0.05, 0.1) is 23.5 Å². The van der Waals surface area contributed by atoms with E-state index in [2.05, 4.69) is 25.7 Å². The van der Waals surface area contributed by atoms with Gasteiger partial charge in [0.1, 0.15) is 11.3 Å². The quantitative estimate of drug-likeness (QED) is 0.843. The van der Waals surface area contributed by atoms with Crippen molar-refractivity contribution in [2.75, 3.05) is 12.8 Å². The Kier molecular flexibility index (Phi) is 3.57. The Morgan fingerprint density at radius 3 is 2.73 bits per heavy atom. The number of pyridine rings is 1. The molecule has 1 heterocycles. The third kappa shape index (κ3) is 2.23. The average molecular weight is 281 g/mol. The molecular weight excluding hydrogens is 274 g/mol. The summed E-state index contributed by atoms with van der Waals surface area (Å²) in [6.07, 6.45) is -1.79. The molecule has 7 heteroatoms. The number of carbonyl (C=O) groups is 1. The SMILES string of the molecule is COC(=O)c1c(N)cnc(C(F)F)c1Br. The van der Waals surface area contributed by atoms with Crippen LogP contribution in [0, 0.1) is 0 Å². The molecular formula is C8H7BrF2N2O2. The van der Waals surface area contributed by atoms with E-state index in [4.69, 9.17) is 5.73 Å². The molecule has 0 amide bonds. The van der Waals surface area contributed by atoms with Crippen molar-refractivity contribution in [1.82, 2.24) is 4.98 Å². The molecule has 1 rings (SSSR count). The van der Waals surface area contributed by atoms with Gasteiger partial charge in [0.25, 0.3) is 6.43 Å². The van der Waals surface area contributed by atoms with Crippen LogP contribution in [0.15, 0.2) is 10.7 Å². The van der Waals surface area contributed by atoms with E-state index in [-0.39, 0.29) is 15.7 Å². The molecule has 2 N–H and O–H groups in total. The Hall–Kier alpha value is -1.24. The standard InChI is InChI=1S/C8H7BrF2N2O2/c1-15-8(14)4-3(12)2-13-6(5(4)9)7(10)11/h2,7H,12H2,1H3. The summed E-state index contributed by atoms with van der Waals surface area (Å²) < 4.78 is 29.1. The zero-order valence-corrected chi connectivity index (χ0v) is 9.22. The van der Waals surface area contributed by atoms with Crippen molar-refractivity contribution in [3.8, 4) is 0 Å². The van der Waals surface area contributed by atoms with Gasteiger partial charge in [-0.05, 0) is 15.9 Å². The maximum atomic E-state index is 12.4. The second-order valence-corrected chi connectivity index (χ2v) is 3.37. The molecule has 0 fully saturated rings. The zero-order chi connectivity index (χ0) is 11.6. The molecule has 0 radical (unpaired) electrons. The number of halogens is 3. The molecule has 0 bridgehead atoms. The van der Waals surface area contributed by atoms with Gasteiger partial charge >= 0.3 is 5.97 Å². The van der Waals surface area contributed by atoms with Crippen molar-refractivity contribution < 1.29 is 18.3 Å². The summed E-state index contributed by atoms with van der Waals surface area (Å²) in [5.41, 5.74) is 4.74. The first-order valence-electron chi connectivity index (χ1n) is 3.79. The van der Waals surface area contributed by atoms with E-state index < -0.39 is 18.1 Å². The molecule has 1 aromatic heterocycles. The Balaban J connectivity index is 3.36. The van der Waals surface area contributed by atoms with Gasteiger partial charge in [-0.2, -0.15) is 0 Å². The lowest BCUT2D eigenvalue weighted by atomic mass is 10.2. The minimum Gasteiger partial charge on any atom is -0.465 e. The number of anilines is 1. The third-order valence-electron chi connectivity index (χ3n) is 1.67. The second-order valence-electron chi connectivity index (χ2n) is 2.58. The number of rotatable bonds is 2. The summed E-state index contributed by atoms with van der Waals surface area (Å²) in [7, 11) is 1.14. The lowest BCUT2D eigenvalue weighted by Gasteiger charge is -2.09. The number of alkyl halides is 2. The molecule has 82 valence electrons. The second kappa shape index (κ2) is 4.52. The number of methoxy groups -OCH3 is 1. The maximum Gasteiger partial charge on any atom is 0.341 e. The van der Waals surface area contributed by atoms with E-state index in [1.165, 1.54) is 0 Å². The molecule has 0 unspecified atom stereocenters. The molecule has 0 aliphatic rings. The van der Waals surface area contributed by atoms with Crippen molar-refractivity contribution >= 4 is 27.6 Å². The molecule has 0 spiro atoms. The third-order valence-corrected chi connectivity index (χ3v) is 2.47. The molecule has 4 nitrogen and oxygen atoms in total. The van der Waals surface area contributed by atoms with Gasteiger partial charge in [0.2, 0.25) is 0 Å². The van der Waals surface area contributed by atoms with Gasteiger partial charge in [0.15, 0.2) is 0 Å². The van der Waals surface area contributed by atoms with Crippen LogP contribution < -0.4 is 5.73 Å². The topological polar surface area (TPSA) is 65.2 Å². The average Bonchev–Trinajstić information content (AvgIpc) is 2.16. The van der Waals surface area contributed by atoms with Crippen LogP contribution in [0.1, 0.15) is 22.5 Å². The monoisotopic (exact) mass is 280 g/mol. The van der Waals surface area contributed by atoms with Gasteiger partial charge in [0, 0.05) is 0 Å². The lowest BCUT2D eigenvalue weighted by Crippen LogP contribution is -2.09. The van der Waals surface area contributed by atoms with Gasteiger partial charge in [-0.15, -0.1) is 0 Å². The first kappa shape index (κ1) is 11.8. The largest absolute Gasteiger partial charge is 0.465 e. The Morgan fingerprint density at radius 2 is 2.27 bits per heavy atom. The van der Waals surface area contributed by atoms with Crippen LogP contribution in [-0.4, -0.2) is 18.1 Å². The minimum atomic E-state index is -2.79. The highest BCUT2D eigenvalue weighted by Gasteiger charge is 2.22. The fourth-order valence-electron chi connectivity index (χ4n) is 0.977. The molecule has 0 aromatic carbocycles. The fraction of sp³-hybridized carbons (Fsp3) is 0.250. The summed E-state index contributed by atoms with van der Waals surface area (Å²) in [6, 6.07) is 0. The molecule has 0 atom stereocenters. The smallest absolute Gasteiger partial charge is 0.341 e. The number of nitrogens with zero attached hydrogens (tertiary/aromatic N) is 1. The van der Waals surface area contributed by atoms with Crippen LogP contribution in [0.3, 0.4) is 0 Å². The van der Waals surface area contributed by atoms with Crippen LogP contribution in [-0.2, 0) is 4.74 Å². The van der Waals surface area contributed by atoms with Crippen molar-refractivity contribution in [3.05, 3.63) is 21.9 Å². The number of carbonyl (C=O) groups excluding carboxylic acids is 1. The van der Waals surface area contributed by atoms with E-state index in [0.717, 1.165) is 13.3 Å². The molecule has 0 aliphatic heterocycles. The van der Waals surface area contributed by atoms with E-state index in [9.17, 15) is 13.6 Å². The normalized spacial score (nSPS) is 10.5. The van der Waals surface area contributed by atoms with Crippen LogP contribution in [0.25, 0.3) is 0 Å². The van der Waals surface area contributed by atoms with Crippen molar-refractivity contribution in [2.24, 2.45) is 0 Å². The summed E-state index contributed by atoms with van der Waals surface area (Å²) in [5, 5.41) is 0. The number of ether oxygens (including phenoxy) is 1. The predicted molar refractivity (Wildman–Crippen MR) is 52.6 cm³/mol. The van der Waals surface area contributed by atoms with Crippen LogP contribution >= 0.6 is 15.9 Å². The minimum absolute atomic E-state index is 0.0156. The predicted octanol–water partition coefficient (Wildman–Crippen LogP) is 2.15. The number of hydrogen-bond acceptors (Lipinski definition) is 4. The van der Waals surface area contributed by atoms with E-state index in [1.807, 2.05) is 0 Å². The summed E-state index contributed by atoms with van der Waals surface area (Å²) >= 11 is 2.85. The van der Waals surface area contributed by atoms with Gasteiger partial charge in [-0.3, -0.25) is 4.98 Å². The Labute approximate surface area is 92.6 Å². The first-order chi connectivity index (χ1) is 6.99. The molecule has 1 aromatic rings. The molecule has 15 heavy (non-hydrogen) atoms. The van der Waals surface area contributed by atoms with Gasteiger partial charge in [-0.1, -0.05) is 0 Å². The molecule has 0 saturated carbocycles. The highest BCUT2D eigenvalue weighted by molar-refractivity contribution is 9.10. The van der Waals surface area contributed by atoms with Crippen molar-refractivity contribution in [1.29, 1.82) is 0 Å². The van der Waals surface area contributed by atoms with Gasteiger partial charge in [-0.25, -0.2) is 13.6 Å². The number of hydrogen-bond donors (Lipinski definition) is 1. The van der Waals surface area contributed by atoms with Crippen LogP contribution in [0.2, 0.25) is 0 Å². The lowest BCUT2D eigenvalue weighted by molar-refractivity contribution is 0.0600. The summed E-state index contributed by atoms with van der Waals surface area (Å²) in [6.45, 7) is 0. The molecule has 0 aliphatic carbocycles. The first-order valence-corrected chi connectivity index (χ1v) is 4.58. The van der Waals surface area contributed by atoms with Crippen LogP contribution in [0.4, 0.5) is 14.5 Å². The highest BCUT2D eigenvalue weighted by Crippen LogP contribution is 2.31. The van der Waals surface area contributed by atoms with E-state index in [0.29, 0.717) is 0 Å². The number of nitrogens with two attached hydrogens (primary N) is 1. The fourth-order valence-corrected chi connectivity index (χ4v) is 1.64. The number of esters is 1. The Bertz CT molecular complexity index is 398. The van der Waals surface area contributed by atoms with Crippen LogP contribution in [0.5, 0.6) is 0 Å². The number of aromatic nitrogens is 1. The zero-order valence-electron chi connectivity index (χ0n) is 7.63. The summed E-state index contributed by atoms with van der Waals surface area (Å²) in [5.74, 6) is -0.788. The Morgan fingerprint density at radius 1 is 1.67 bits per heavy atom. The number of nitrogen functional groups attached to an aromatic ring is 1. The molecule has 0 saturated heterocycles. The van der Waals surface area contributed by atoms with E-state index in [1.54, 1.807) is 0 Å².